The lowest BCUT2D eigenvalue weighted by atomic mass is 9.76. The van der Waals surface area contributed by atoms with Gasteiger partial charge in [0.1, 0.15) is 13.2 Å². The van der Waals surface area contributed by atoms with Crippen LogP contribution in [0.1, 0.15) is 38.4 Å². The molecule has 2 aliphatic rings. The van der Waals surface area contributed by atoms with Crippen molar-refractivity contribution in [3.63, 3.8) is 0 Å². The van der Waals surface area contributed by atoms with E-state index in [9.17, 15) is 0 Å². The first-order valence-corrected chi connectivity index (χ1v) is 8.60. The standard InChI is InChI=1S/C17H23N5O2/c1-12-5-7-17(18-2,8-6-12)16-19-20-21-22(16)13-3-4-14-15(11-13)24-10-9-23-14/h3-4,11-12,18H,5-10H2,1-2H3. The molecule has 1 aromatic carbocycles. The molecule has 0 radical (unpaired) electrons. The van der Waals surface area contributed by atoms with E-state index in [1.54, 1.807) is 0 Å². The van der Waals surface area contributed by atoms with Crippen molar-refractivity contribution in [3.8, 4) is 17.2 Å². The smallest absolute Gasteiger partial charge is 0.176 e. The Balaban J connectivity index is 1.72. The molecule has 0 unspecified atom stereocenters. The Labute approximate surface area is 141 Å². The molecule has 24 heavy (non-hydrogen) atoms. The average molecular weight is 329 g/mol. The minimum absolute atomic E-state index is 0.177. The van der Waals surface area contributed by atoms with Crippen LogP contribution in [0.25, 0.3) is 5.69 Å². The van der Waals surface area contributed by atoms with Crippen molar-refractivity contribution in [1.82, 2.24) is 25.5 Å². The van der Waals surface area contributed by atoms with Gasteiger partial charge >= 0.3 is 0 Å². The third-order valence-electron chi connectivity index (χ3n) is 5.27. The second-order valence-electron chi connectivity index (χ2n) is 6.76. The van der Waals surface area contributed by atoms with Gasteiger partial charge in [0.2, 0.25) is 0 Å². The summed E-state index contributed by atoms with van der Waals surface area (Å²) in [7, 11) is 2.00. The first-order valence-electron chi connectivity index (χ1n) is 8.60. The number of ether oxygens (including phenoxy) is 2. The molecule has 1 saturated carbocycles. The van der Waals surface area contributed by atoms with Gasteiger partial charge in [-0.05, 0) is 61.2 Å². The highest BCUT2D eigenvalue weighted by Gasteiger charge is 2.39. The summed E-state index contributed by atoms with van der Waals surface area (Å²) in [4.78, 5) is 0. The predicted octanol–water partition coefficient (Wildman–Crippen LogP) is 2.06. The molecule has 1 N–H and O–H groups in total. The number of nitrogens with one attached hydrogen (secondary N) is 1. The van der Waals surface area contributed by atoms with E-state index in [4.69, 9.17) is 9.47 Å². The second kappa shape index (κ2) is 6.05. The third kappa shape index (κ3) is 2.53. The van der Waals surface area contributed by atoms with Gasteiger partial charge in [-0.1, -0.05) is 6.92 Å². The van der Waals surface area contributed by atoms with Gasteiger partial charge in [-0.25, -0.2) is 0 Å². The fourth-order valence-corrected chi connectivity index (χ4v) is 3.66. The zero-order chi connectivity index (χ0) is 16.6. The number of fused-ring (bicyclic) bond motifs is 1. The van der Waals surface area contributed by atoms with Crippen LogP contribution < -0.4 is 14.8 Å². The van der Waals surface area contributed by atoms with Gasteiger partial charge in [0.05, 0.1) is 11.2 Å². The van der Waals surface area contributed by atoms with Crippen LogP contribution in [0.2, 0.25) is 0 Å². The highest BCUT2D eigenvalue weighted by Crippen LogP contribution is 2.39. The summed E-state index contributed by atoms with van der Waals surface area (Å²) < 4.78 is 13.1. The van der Waals surface area contributed by atoms with E-state index in [2.05, 4.69) is 27.8 Å². The van der Waals surface area contributed by atoms with Crippen molar-refractivity contribution >= 4 is 0 Å². The van der Waals surface area contributed by atoms with Crippen molar-refractivity contribution in [2.75, 3.05) is 20.3 Å². The van der Waals surface area contributed by atoms with Crippen LogP contribution in [-0.2, 0) is 5.54 Å². The lowest BCUT2D eigenvalue weighted by Gasteiger charge is -2.38. The Bertz CT molecular complexity index is 722. The molecule has 1 fully saturated rings. The van der Waals surface area contributed by atoms with Gasteiger partial charge < -0.3 is 14.8 Å². The first-order chi connectivity index (χ1) is 11.7. The summed E-state index contributed by atoms with van der Waals surface area (Å²) in [6, 6.07) is 5.84. The number of aromatic nitrogens is 4. The molecule has 0 spiro atoms. The summed E-state index contributed by atoms with van der Waals surface area (Å²) in [5.41, 5.74) is 0.719. The fraction of sp³-hybridized carbons (Fsp3) is 0.588. The molecule has 2 heterocycles. The normalized spacial score (nSPS) is 26.3. The highest BCUT2D eigenvalue weighted by atomic mass is 16.6. The van der Waals surface area contributed by atoms with E-state index < -0.39 is 0 Å². The van der Waals surface area contributed by atoms with Crippen LogP contribution >= 0.6 is 0 Å². The van der Waals surface area contributed by atoms with E-state index in [1.807, 2.05) is 29.9 Å². The molecule has 1 aliphatic heterocycles. The third-order valence-corrected chi connectivity index (χ3v) is 5.27. The van der Waals surface area contributed by atoms with Gasteiger partial charge in [0.25, 0.3) is 0 Å². The van der Waals surface area contributed by atoms with Crippen molar-refractivity contribution in [3.05, 3.63) is 24.0 Å². The van der Waals surface area contributed by atoms with Crippen LogP contribution in [0.4, 0.5) is 0 Å². The van der Waals surface area contributed by atoms with E-state index in [0.717, 1.165) is 41.8 Å². The largest absolute Gasteiger partial charge is 0.486 e. The molecular formula is C17H23N5O2. The molecule has 1 aromatic heterocycles. The Morgan fingerprint density at radius 2 is 1.92 bits per heavy atom. The van der Waals surface area contributed by atoms with E-state index in [-0.39, 0.29) is 5.54 Å². The molecule has 1 aliphatic carbocycles. The zero-order valence-electron chi connectivity index (χ0n) is 14.2. The molecule has 7 heteroatoms. The summed E-state index contributed by atoms with van der Waals surface area (Å²) in [5.74, 6) is 3.14. The topological polar surface area (TPSA) is 74.1 Å². The molecule has 7 nitrogen and oxygen atoms in total. The number of tetrazole rings is 1. The van der Waals surface area contributed by atoms with Crippen molar-refractivity contribution in [1.29, 1.82) is 0 Å². The summed E-state index contributed by atoms with van der Waals surface area (Å²) in [5, 5.41) is 16.0. The summed E-state index contributed by atoms with van der Waals surface area (Å²) >= 11 is 0. The SMILES string of the molecule is CNC1(c2nnnn2-c2ccc3c(c2)OCCO3)CCC(C)CC1. The van der Waals surface area contributed by atoms with Crippen molar-refractivity contribution in [2.45, 2.75) is 38.1 Å². The highest BCUT2D eigenvalue weighted by molar-refractivity contribution is 5.49. The lowest BCUT2D eigenvalue weighted by molar-refractivity contribution is 0.171. The molecule has 2 aromatic rings. The van der Waals surface area contributed by atoms with Gasteiger partial charge in [0.15, 0.2) is 17.3 Å². The summed E-state index contributed by atoms with van der Waals surface area (Å²) in [6.45, 7) is 3.46. The van der Waals surface area contributed by atoms with Gasteiger partial charge in [-0.2, -0.15) is 4.68 Å². The zero-order valence-corrected chi connectivity index (χ0v) is 14.2. The number of benzene rings is 1. The van der Waals surface area contributed by atoms with Crippen molar-refractivity contribution in [2.24, 2.45) is 5.92 Å². The molecule has 0 bridgehead atoms. The van der Waals surface area contributed by atoms with Crippen LogP contribution in [0.3, 0.4) is 0 Å². The molecule has 0 atom stereocenters. The lowest BCUT2D eigenvalue weighted by Crippen LogP contribution is -2.45. The minimum atomic E-state index is -0.177. The number of rotatable bonds is 3. The Morgan fingerprint density at radius 3 is 2.67 bits per heavy atom. The molecule has 4 rings (SSSR count). The van der Waals surface area contributed by atoms with Crippen molar-refractivity contribution < 1.29 is 9.47 Å². The second-order valence-corrected chi connectivity index (χ2v) is 6.76. The van der Waals surface area contributed by atoms with Crippen LogP contribution in [0.15, 0.2) is 18.2 Å². The Kier molecular flexibility index (Phi) is 3.88. The van der Waals surface area contributed by atoms with E-state index in [1.165, 1.54) is 12.8 Å². The first kappa shape index (κ1) is 15.4. The number of nitrogens with zero attached hydrogens (tertiary/aromatic N) is 4. The molecule has 128 valence electrons. The maximum atomic E-state index is 5.69. The molecular weight excluding hydrogens is 306 g/mol. The summed E-state index contributed by atoms with van der Waals surface area (Å²) in [6.07, 6.45) is 4.43. The van der Waals surface area contributed by atoms with Crippen LogP contribution in [-0.4, -0.2) is 40.5 Å². The monoisotopic (exact) mass is 329 g/mol. The van der Waals surface area contributed by atoms with E-state index in [0.29, 0.717) is 13.2 Å². The molecule has 0 saturated heterocycles. The van der Waals surface area contributed by atoms with Crippen LogP contribution in [0.5, 0.6) is 11.5 Å². The minimum Gasteiger partial charge on any atom is -0.486 e. The fourth-order valence-electron chi connectivity index (χ4n) is 3.66. The maximum Gasteiger partial charge on any atom is 0.176 e. The van der Waals surface area contributed by atoms with E-state index >= 15 is 0 Å². The number of hydrogen-bond acceptors (Lipinski definition) is 6. The number of hydrogen-bond donors (Lipinski definition) is 1. The van der Waals surface area contributed by atoms with Gasteiger partial charge in [0, 0.05) is 6.07 Å². The Hall–Kier alpha value is -2.15. The quantitative estimate of drug-likeness (QED) is 0.929. The Morgan fingerprint density at radius 1 is 1.17 bits per heavy atom. The van der Waals surface area contributed by atoms with Gasteiger partial charge in [-0.15, -0.1) is 5.10 Å². The maximum absolute atomic E-state index is 5.69. The van der Waals surface area contributed by atoms with Crippen LogP contribution in [0, 0.1) is 5.92 Å². The predicted molar refractivity (Wildman–Crippen MR) is 88.5 cm³/mol. The average Bonchev–Trinajstić information content (AvgIpc) is 3.13. The van der Waals surface area contributed by atoms with Gasteiger partial charge in [-0.3, -0.25) is 0 Å². The molecule has 0 amide bonds.